The van der Waals surface area contributed by atoms with Crippen molar-refractivity contribution >= 4 is 28.3 Å². The van der Waals surface area contributed by atoms with E-state index in [9.17, 15) is 14.0 Å². The third-order valence-electron chi connectivity index (χ3n) is 9.28. The fourth-order valence-electron chi connectivity index (χ4n) is 6.44. The van der Waals surface area contributed by atoms with Gasteiger partial charge in [0, 0.05) is 70.1 Å². The predicted molar refractivity (Wildman–Crippen MR) is 211 cm³/mol. The van der Waals surface area contributed by atoms with Crippen LogP contribution in [0.15, 0.2) is 105 Å². The number of hydrogen-bond acceptors (Lipinski definition) is 11. The SMILES string of the molecule is C/C(=C/C(=O)c1ccc(-c2c(C)noc2C)cc1F)NCc1cccnc1N.Cc1noc(C)c1-c1ccc2c(=O)cc(C)n(Cc3cccnc3N)c2c1. The molecule has 0 aliphatic rings. The number of benzene rings is 2. The number of nitrogens with zero attached hydrogens (tertiary/aromatic N) is 5. The highest BCUT2D eigenvalue weighted by molar-refractivity contribution is 6.05. The normalized spacial score (nSPS) is 11.4. The van der Waals surface area contributed by atoms with E-state index in [1.807, 2.05) is 57.2 Å². The van der Waals surface area contributed by atoms with Crippen LogP contribution < -0.4 is 22.2 Å². The van der Waals surface area contributed by atoms with Gasteiger partial charge < -0.3 is 30.4 Å². The Kier molecular flexibility index (Phi) is 11.0. The molecule has 7 aromatic rings. The number of anilines is 2. The molecule has 5 heterocycles. The van der Waals surface area contributed by atoms with Gasteiger partial charge in [-0.3, -0.25) is 9.59 Å². The Morgan fingerprint density at radius 1 is 0.818 bits per heavy atom. The summed E-state index contributed by atoms with van der Waals surface area (Å²) in [4.78, 5) is 33.2. The van der Waals surface area contributed by atoms with Crippen LogP contribution >= 0.6 is 0 Å². The van der Waals surface area contributed by atoms with Crippen molar-refractivity contribution in [2.75, 3.05) is 11.5 Å². The number of fused-ring (bicyclic) bond motifs is 1. The van der Waals surface area contributed by atoms with Crippen molar-refractivity contribution in [2.45, 2.75) is 54.6 Å². The van der Waals surface area contributed by atoms with E-state index in [0.29, 0.717) is 52.8 Å². The first-order valence-corrected chi connectivity index (χ1v) is 17.5. The van der Waals surface area contributed by atoms with Gasteiger partial charge >= 0.3 is 0 Å². The molecule has 55 heavy (non-hydrogen) atoms. The third kappa shape index (κ3) is 8.20. The molecule has 0 aliphatic heterocycles. The average molecular weight is 741 g/mol. The van der Waals surface area contributed by atoms with Crippen LogP contribution in [0.4, 0.5) is 16.0 Å². The number of pyridine rings is 3. The lowest BCUT2D eigenvalue weighted by molar-refractivity contribution is 0.104. The molecule has 5 N–H and O–H groups in total. The van der Waals surface area contributed by atoms with E-state index in [1.165, 1.54) is 18.2 Å². The van der Waals surface area contributed by atoms with Crippen molar-refractivity contribution in [1.82, 2.24) is 30.2 Å². The number of halogens is 1. The first kappa shape index (κ1) is 37.9. The number of nitrogens with two attached hydrogens (primary N) is 2. The highest BCUT2D eigenvalue weighted by atomic mass is 19.1. The van der Waals surface area contributed by atoms with Crippen LogP contribution in [0.2, 0.25) is 0 Å². The lowest BCUT2D eigenvalue weighted by Gasteiger charge is -2.16. The topological polar surface area (TPSA) is 181 Å². The first-order chi connectivity index (χ1) is 26.3. The number of carbonyl (C=O) groups is 1. The fraction of sp³-hybridized carbons (Fsp3) is 0.190. The van der Waals surface area contributed by atoms with Gasteiger partial charge in [0.25, 0.3) is 0 Å². The number of ketones is 1. The van der Waals surface area contributed by atoms with Gasteiger partial charge in [-0.1, -0.05) is 34.6 Å². The van der Waals surface area contributed by atoms with Gasteiger partial charge in [0.1, 0.15) is 29.0 Å². The Hall–Kier alpha value is -6.89. The third-order valence-corrected chi connectivity index (χ3v) is 9.28. The van der Waals surface area contributed by atoms with Crippen molar-refractivity contribution in [3.63, 3.8) is 0 Å². The summed E-state index contributed by atoms with van der Waals surface area (Å²) in [5, 5.41) is 11.7. The summed E-state index contributed by atoms with van der Waals surface area (Å²) in [6.45, 7) is 12.0. The average Bonchev–Trinajstić information content (AvgIpc) is 3.68. The highest BCUT2D eigenvalue weighted by Crippen LogP contribution is 2.30. The smallest absolute Gasteiger partial charge is 0.190 e. The Labute approximate surface area is 316 Å². The van der Waals surface area contributed by atoms with Gasteiger partial charge in [0.05, 0.1) is 29.0 Å². The summed E-state index contributed by atoms with van der Waals surface area (Å²) < 4.78 is 27.1. The van der Waals surface area contributed by atoms with Crippen molar-refractivity contribution in [1.29, 1.82) is 0 Å². The molecule has 0 saturated carbocycles. The zero-order valence-electron chi connectivity index (χ0n) is 31.4. The lowest BCUT2D eigenvalue weighted by Crippen LogP contribution is -2.14. The number of nitrogen functional groups attached to an aromatic ring is 2. The highest BCUT2D eigenvalue weighted by Gasteiger charge is 2.17. The molecule has 2 aromatic carbocycles. The van der Waals surface area contributed by atoms with Crippen molar-refractivity contribution in [2.24, 2.45) is 0 Å². The van der Waals surface area contributed by atoms with E-state index >= 15 is 0 Å². The summed E-state index contributed by atoms with van der Waals surface area (Å²) in [5.74, 6) is 1.26. The quantitative estimate of drug-likeness (QED) is 0.0982. The Morgan fingerprint density at radius 3 is 1.96 bits per heavy atom. The largest absolute Gasteiger partial charge is 0.384 e. The molecule has 0 aliphatic carbocycles. The maximum atomic E-state index is 14.6. The van der Waals surface area contributed by atoms with E-state index < -0.39 is 11.6 Å². The molecule has 0 saturated heterocycles. The molecule has 0 bridgehead atoms. The molecule has 0 amide bonds. The number of nitrogens with one attached hydrogen (secondary N) is 1. The van der Waals surface area contributed by atoms with Crippen LogP contribution in [-0.4, -0.2) is 30.6 Å². The number of hydrogen-bond donors (Lipinski definition) is 3. The van der Waals surface area contributed by atoms with Crippen LogP contribution in [0.5, 0.6) is 0 Å². The van der Waals surface area contributed by atoms with Crippen molar-refractivity contribution in [3.8, 4) is 22.3 Å². The molecule has 5 aromatic heterocycles. The monoisotopic (exact) mass is 740 g/mol. The zero-order chi connectivity index (χ0) is 39.4. The standard InChI is InChI=1S/C21H21FN4O2.C21H20N4O2/c1-12(25-11-16-5-4-8-24-21(16)23)9-19(27)17-7-6-15(10-18(17)22)20-13(2)26-28-14(20)3;1-12-9-19(26)17-7-6-15(20-13(2)24-27-14(20)3)10-18(17)25(12)11-16-5-4-8-23-21(16)22/h4-10,25H,11H2,1-3H3,(H2,23,24);4-10H,11H2,1-3H3,(H2,22,23)/b12-9-;. The Balaban J connectivity index is 0.000000187. The Bertz CT molecular complexity index is 2600. The molecule has 0 unspecified atom stereocenters. The van der Waals surface area contributed by atoms with Crippen LogP contribution in [0.25, 0.3) is 33.2 Å². The molecular formula is C42H41FN8O4. The maximum Gasteiger partial charge on any atom is 0.190 e. The zero-order valence-corrected chi connectivity index (χ0v) is 31.4. The molecule has 12 nitrogen and oxygen atoms in total. The van der Waals surface area contributed by atoms with Crippen molar-refractivity contribution < 1.29 is 18.2 Å². The molecule has 0 atom stereocenters. The molecule has 0 radical (unpaired) electrons. The number of allylic oxidation sites excluding steroid dienone is 2. The minimum absolute atomic E-state index is 0.00227. The second kappa shape index (κ2) is 16.0. The molecular weight excluding hydrogens is 700 g/mol. The van der Waals surface area contributed by atoms with E-state index in [0.717, 1.165) is 50.5 Å². The van der Waals surface area contributed by atoms with Gasteiger partial charge in [0.2, 0.25) is 0 Å². The molecule has 0 spiro atoms. The Morgan fingerprint density at radius 2 is 1.40 bits per heavy atom. The van der Waals surface area contributed by atoms with Gasteiger partial charge in [-0.2, -0.15) is 0 Å². The molecule has 7 rings (SSSR count). The van der Waals surface area contributed by atoms with E-state index in [1.54, 1.807) is 51.4 Å². The van der Waals surface area contributed by atoms with E-state index in [2.05, 4.69) is 30.2 Å². The minimum Gasteiger partial charge on any atom is -0.384 e. The fourth-order valence-corrected chi connectivity index (χ4v) is 6.44. The van der Waals surface area contributed by atoms with Crippen LogP contribution in [-0.2, 0) is 13.1 Å². The predicted octanol–water partition coefficient (Wildman–Crippen LogP) is 7.56. The van der Waals surface area contributed by atoms with E-state index in [4.69, 9.17) is 20.5 Å². The van der Waals surface area contributed by atoms with Gasteiger partial charge in [0.15, 0.2) is 11.2 Å². The maximum absolute atomic E-state index is 14.6. The second-order valence-electron chi connectivity index (χ2n) is 13.2. The van der Waals surface area contributed by atoms with Crippen molar-refractivity contribution in [3.05, 3.63) is 152 Å². The lowest BCUT2D eigenvalue weighted by atomic mass is 10.0. The number of aromatic nitrogens is 5. The number of rotatable bonds is 9. The van der Waals surface area contributed by atoms with E-state index in [-0.39, 0.29) is 11.0 Å². The first-order valence-electron chi connectivity index (χ1n) is 17.5. The summed E-state index contributed by atoms with van der Waals surface area (Å²) in [6.07, 6.45) is 4.64. The van der Waals surface area contributed by atoms with Crippen LogP contribution in [0.3, 0.4) is 0 Å². The molecule has 0 fully saturated rings. The number of aryl methyl sites for hydroxylation is 5. The van der Waals surface area contributed by atoms with Crippen LogP contribution in [0.1, 0.15) is 57.0 Å². The minimum atomic E-state index is -0.594. The van der Waals surface area contributed by atoms with Gasteiger partial charge in [-0.25, -0.2) is 14.4 Å². The summed E-state index contributed by atoms with van der Waals surface area (Å²) in [7, 11) is 0. The van der Waals surface area contributed by atoms with Crippen LogP contribution in [0, 0.1) is 40.4 Å². The molecule has 280 valence electrons. The summed E-state index contributed by atoms with van der Waals surface area (Å²) >= 11 is 0. The molecule has 13 heteroatoms. The summed E-state index contributed by atoms with van der Waals surface area (Å²) in [5.41, 5.74) is 20.7. The number of carbonyl (C=O) groups excluding carboxylic acids is 1. The second-order valence-corrected chi connectivity index (χ2v) is 13.2. The van der Waals surface area contributed by atoms with Gasteiger partial charge in [-0.15, -0.1) is 0 Å². The van der Waals surface area contributed by atoms with Gasteiger partial charge in [-0.05, 0) is 89.1 Å². The summed E-state index contributed by atoms with van der Waals surface area (Å²) in [6, 6.07) is 19.4.